The summed E-state index contributed by atoms with van der Waals surface area (Å²) in [5.41, 5.74) is 2.25. The Labute approximate surface area is 137 Å². The summed E-state index contributed by atoms with van der Waals surface area (Å²) >= 11 is 0. The zero-order valence-corrected chi connectivity index (χ0v) is 14.1. The van der Waals surface area contributed by atoms with Crippen LogP contribution in [0.2, 0.25) is 0 Å². The van der Waals surface area contributed by atoms with E-state index in [-0.39, 0.29) is 12.0 Å². The number of likely N-dealkylation sites (N-methyl/N-ethyl adjacent to an activating group) is 2. The summed E-state index contributed by atoms with van der Waals surface area (Å²) in [6, 6.07) is 8.26. The van der Waals surface area contributed by atoms with E-state index in [0.717, 1.165) is 30.7 Å². The fourth-order valence-electron chi connectivity index (χ4n) is 3.36. The normalized spacial score (nSPS) is 22.4. The highest BCUT2D eigenvalue weighted by atomic mass is 16.5. The molecule has 0 aliphatic carbocycles. The second-order valence-electron chi connectivity index (χ2n) is 6.13. The van der Waals surface area contributed by atoms with Crippen molar-refractivity contribution in [1.29, 1.82) is 0 Å². The molecule has 0 saturated carbocycles. The first-order chi connectivity index (χ1) is 11.1. The van der Waals surface area contributed by atoms with Crippen molar-refractivity contribution in [3.63, 3.8) is 0 Å². The van der Waals surface area contributed by atoms with Crippen molar-refractivity contribution in [2.45, 2.75) is 26.1 Å². The van der Waals surface area contributed by atoms with Crippen LogP contribution in [-0.2, 0) is 9.53 Å². The number of nitrogens with one attached hydrogen (secondary N) is 1. The van der Waals surface area contributed by atoms with Crippen molar-refractivity contribution < 1.29 is 9.53 Å². The monoisotopic (exact) mass is 315 g/mol. The molecule has 5 nitrogen and oxygen atoms in total. The molecule has 3 rings (SSSR count). The van der Waals surface area contributed by atoms with Gasteiger partial charge in [0.25, 0.3) is 5.91 Å². The summed E-state index contributed by atoms with van der Waals surface area (Å²) in [7, 11) is 2.05. The van der Waals surface area contributed by atoms with Crippen LogP contribution in [0.5, 0.6) is 0 Å². The van der Waals surface area contributed by atoms with Crippen molar-refractivity contribution in [2.24, 2.45) is 0 Å². The molecule has 124 valence electrons. The van der Waals surface area contributed by atoms with E-state index >= 15 is 0 Å². The molecule has 1 amide bonds. The molecule has 0 bridgehead atoms. The minimum Gasteiger partial charge on any atom is -0.361 e. The van der Waals surface area contributed by atoms with E-state index in [9.17, 15) is 4.79 Å². The fourth-order valence-corrected chi connectivity index (χ4v) is 3.36. The molecular formula is C18H25N3O2. The average molecular weight is 315 g/mol. The lowest BCUT2D eigenvalue weighted by atomic mass is 10.0. The number of hydrogen-bond acceptors (Lipinski definition) is 3. The van der Waals surface area contributed by atoms with Crippen molar-refractivity contribution in [1.82, 2.24) is 14.8 Å². The Balaban J connectivity index is 1.86. The molecule has 1 saturated heterocycles. The molecule has 0 radical (unpaired) electrons. The molecule has 0 spiro atoms. The number of benzene rings is 1. The molecule has 2 unspecified atom stereocenters. The van der Waals surface area contributed by atoms with Crippen molar-refractivity contribution in [3.8, 4) is 0 Å². The van der Waals surface area contributed by atoms with Gasteiger partial charge in [-0.1, -0.05) is 12.1 Å². The highest BCUT2D eigenvalue weighted by molar-refractivity contribution is 5.84. The third-order valence-electron chi connectivity index (χ3n) is 4.61. The van der Waals surface area contributed by atoms with Crippen LogP contribution in [0.1, 0.15) is 25.5 Å². The summed E-state index contributed by atoms with van der Waals surface area (Å²) in [4.78, 5) is 19.9. The molecule has 1 aliphatic rings. The lowest BCUT2D eigenvalue weighted by Gasteiger charge is -2.37. The quantitative estimate of drug-likeness (QED) is 0.942. The molecule has 1 aromatic carbocycles. The van der Waals surface area contributed by atoms with Crippen LogP contribution in [0.15, 0.2) is 30.5 Å². The molecule has 2 atom stereocenters. The standard InChI is InChI=1S/C18H25N3O2/c1-4-21(5-2)18(22)17-12-20(3)11-16(23-17)14-7-6-8-15-13(14)9-10-19-15/h6-10,16-17,19H,4-5,11-12H2,1-3H3. The fraction of sp³-hybridized carbons (Fsp3) is 0.500. The number of rotatable bonds is 4. The summed E-state index contributed by atoms with van der Waals surface area (Å²) in [5, 5.41) is 1.17. The highest BCUT2D eigenvalue weighted by Crippen LogP contribution is 2.30. The summed E-state index contributed by atoms with van der Waals surface area (Å²) < 4.78 is 6.22. The Morgan fingerprint density at radius 2 is 2.09 bits per heavy atom. The van der Waals surface area contributed by atoms with Crippen LogP contribution in [-0.4, -0.2) is 60.0 Å². The number of H-pyrrole nitrogens is 1. The van der Waals surface area contributed by atoms with Gasteiger partial charge in [-0.15, -0.1) is 0 Å². The minimum absolute atomic E-state index is 0.0854. The number of carbonyl (C=O) groups excluding carboxylic acids is 1. The topological polar surface area (TPSA) is 48.6 Å². The second-order valence-corrected chi connectivity index (χ2v) is 6.13. The van der Waals surface area contributed by atoms with E-state index in [4.69, 9.17) is 4.74 Å². The van der Waals surface area contributed by atoms with Crippen molar-refractivity contribution in [3.05, 3.63) is 36.0 Å². The Hall–Kier alpha value is -1.85. The minimum atomic E-state index is -0.396. The number of aromatic nitrogens is 1. The van der Waals surface area contributed by atoms with Crippen LogP contribution < -0.4 is 0 Å². The second kappa shape index (κ2) is 6.72. The smallest absolute Gasteiger partial charge is 0.253 e. The van der Waals surface area contributed by atoms with E-state index in [2.05, 4.69) is 35.1 Å². The molecule has 1 N–H and O–H groups in total. The predicted molar refractivity (Wildman–Crippen MR) is 91.3 cm³/mol. The molecular weight excluding hydrogens is 290 g/mol. The number of fused-ring (bicyclic) bond motifs is 1. The van der Waals surface area contributed by atoms with Gasteiger partial charge in [0, 0.05) is 43.3 Å². The van der Waals surface area contributed by atoms with E-state index in [1.807, 2.05) is 31.0 Å². The number of carbonyl (C=O) groups is 1. The Kier molecular flexibility index (Phi) is 4.68. The van der Waals surface area contributed by atoms with Crippen molar-refractivity contribution in [2.75, 3.05) is 33.2 Å². The first-order valence-electron chi connectivity index (χ1n) is 8.32. The van der Waals surface area contributed by atoms with Gasteiger partial charge < -0.3 is 19.5 Å². The predicted octanol–water partition coefficient (Wildman–Crippen LogP) is 2.41. The maximum atomic E-state index is 12.7. The maximum Gasteiger partial charge on any atom is 0.253 e. The van der Waals surface area contributed by atoms with Crippen LogP contribution >= 0.6 is 0 Å². The lowest BCUT2D eigenvalue weighted by Crippen LogP contribution is -2.50. The van der Waals surface area contributed by atoms with Gasteiger partial charge in [0.05, 0.1) is 6.10 Å². The first kappa shape index (κ1) is 16.0. The SMILES string of the molecule is CCN(CC)C(=O)C1CN(C)CC(c2cccc3[nH]ccc23)O1. The molecule has 2 aromatic rings. The third kappa shape index (κ3) is 3.12. The average Bonchev–Trinajstić information content (AvgIpc) is 3.03. The first-order valence-corrected chi connectivity index (χ1v) is 8.32. The van der Waals surface area contributed by atoms with Crippen LogP contribution in [0.25, 0.3) is 10.9 Å². The largest absolute Gasteiger partial charge is 0.361 e. The number of amides is 1. The summed E-state index contributed by atoms with van der Waals surface area (Å²) in [6.45, 7) is 6.90. The summed E-state index contributed by atoms with van der Waals surface area (Å²) in [6.07, 6.45) is 1.46. The third-order valence-corrected chi connectivity index (χ3v) is 4.61. The van der Waals surface area contributed by atoms with Crippen molar-refractivity contribution >= 4 is 16.8 Å². The van der Waals surface area contributed by atoms with E-state index in [1.165, 1.54) is 5.39 Å². The molecule has 1 aliphatic heterocycles. The van der Waals surface area contributed by atoms with Gasteiger partial charge in [-0.25, -0.2) is 0 Å². The lowest BCUT2D eigenvalue weighted by molar-refractivity contribution is -0.156. The number of hydrogen-bond donors (Lipinski definition) is 1. The Bertz CT molecular complexity index is 678. The van der Waals surface area contributed by atoms with E-state index in [0.29, 0.717) is 6.54 Å². The molecule has 23 heavy (non-hydrogen) atoms. The van der Waals surface area contributed by atoms with E-state index in [1.54, 1.807) is 0 Å². The molecule has 1 aromatic heterocycles. The van der Waals surface area contributed by atoms with Gasteiger partial charge in [-0.2, -0.15) is 0 Å². The molecule has 1 fully saturated rings. The zero-order valence-electron chi connectivity index (χ0n) is 14.1. The van der Waals surface area contributed by atoms with Gasteiger partial charge in [-0.3, -0.25) is 4.79 Å². The van der Waals surface area contributed by atoms with Gasteiger partial charge in [-0.05, 0) is 38.6 Å². The van der Waals surface area contributed by atoms with Gasteiger partial charge >= 0.3 is 0 Å². The zero-order chi connectivity index (χ0) is 16.4. The van der Waals surface area contributed by atoms with Gasteiger partial charge in [0.2, 0.25) is 0 Å². The highest BCUT2D eigenvalue weighted by Gasteiger charge is 2.34. The number of aromatic amines is 1. The van der Waals surface area contributed by atoms with Crippen LogP contribution in [0, 0.1) is 0 Å². The van der Waals surface area contributed by atoms with E-state index < -0.39 is 6.10 Å². The molecule has 2 heterocycles. The number of nitrogens with zero attached hydrogens (tertiary/aromatic N) is 2. The summed E-state index contributed by atoms with van der Waals surface area (Å²) in [5.74, 6) is 0.0905. The Morgan fingerprint density at radius 3 is 2.83 bits per heavy atom. The number of morpholine rings is 1. The Morgan fingerprint density at radius 1 is 1.30 bits per heavy atom. The van der Waals surface area contributed by atoms with Crippen LogP contribution in [0.3, 0.4) is 0 Å². The molecule has 5 heteroatoms. The van der Waals surface area contributed by atoms with Crippen LogP contribution in [0.4, 0.5) is 0 Å². The van der Waals surface area contributed by atoms with Gasteiger partial charge in [0.1, 0.15) is 6.10 Å². The van der Waals surface area contributed by atoms with Gasteiger partial charge in [0.15, 0.2) is 0 Å². The number of ether oxygens (including phenoxy) is 1. The maximum absolute atomic E-state index is 12.7.